The van der Waals surface area contributed by atoms with Crippen LogP contribution in [0, 0.1) is 13.8 Å². The Balaban J connectivity index is 2.00. The Bertz CT molecular complexity index is 870. The molecule has 0 aliphatic carbocycles. The van der Waals surface area contributed by atoms with Crippen molar-refractivity contribution in [1.29, 1.82) is 0 Å². The number of hydrogen-bond donors (Lipinski definition) is 2. The van der Waals surface area contributed by atoms with Crippen LogP contribution >= 0.6 is 0 Å². The number of rotatable bonds is 5. The predicted octanol–water partition coefficient (Wildman–Crippen LogP) is 3.33. The molecule has 0 aromatic heterocycles. The Morgan fingerprint density at radius 3 is 2.21 bits per heavy atom. The summed E-state index contributed by atoms with van der Waals surface area (Å²) < 4.78 is 24.6. The number of sulfonamides is 1. The number of nitrogens with one attached hydrogen (secondary N) is 2. The van der Waals surface area contributed by atoms with E-state index in [-0.39, 0.29) is 5.91 Å². The standard InChI is InChI=1S/C18H20N2O3S/c1-13-4-5-15(14(2)12-13)6-11-18(21)19-16-7-9-17(10-8-16)20-24(3,22)23/h4-12,20H,1-3H3,(H,19,21)/b11-6+. The first-order valence-corrected chi connectivity index (χ1v) is 9.26. The third-order valence-electron chi connectivity index (χ3n) is 3.30. The van der Waals surface area contributed by atoms with E-state index in [9.17, 15) is 13.2 Å². The summed E-state index contributed by atoms with van der Waals surface area (Å²) in [5, 5.41) is 2.73. The molecule has 0 aliphatic rings. The average Bonchev–Trinajstić information content (AvgIpc) is 2.47. The third kappa shape index (κ3) is 5.55. The van der Waals surface area contributed by atoms with E-state index in [1.807, 2.05) is 26.0 Å². The molecule has 0 aliphatic heterocycles. The minimum atomic E-state index is -3.31. The summed E-state index contributed by atoms with van der Waals surface area (Å²) in [6.45, 7) is 4.02. The lowest BCUT2D eigenvalue weighted by Gasteiger charge is -2.06. The molecular formula is C18H20N2O3S. The van der Waals surface area contributed by atoms with E-state index in [1.54, 1.807) is 30.3 Å². The van der Waals surface area contributed by atoms with E-state index >= 15 is 0 Å². The van der Waals surface area contributed by atoms with Crippen LogP contribution in [-0.4, -0.2) is 20.6 Å². The van der Waals surface area contributed by atoms with E-state index < -0.39 is 10.0 Å². The van der Waals surface area contributed by atoms with Gasteiger partial charge in [-0.3, -0.25) is 9.52 Å². The first-order valence-electron chi connectivity index (χ1n) is 7.37. The van der Waals surface area contributed by atoms with Crippen LogP contribution in [0.3, 0.4) is 0 Å². The van der Waals surface area contributed by atoms with E-state index in [0.717, 1.165) is 17.4 Å². The summed E-state index contributed by atoms with van der Waals surface area (Å²) in [6.07, 6.45) is 4.32. The maximum absolute atomic E-state index is 12.0. The highest BCUT2D eigenvalue weighted by molar-refractivity contribution is 7.92. The zero-order valence-electron chi connectivity index (χ0n) is 13.8. The molecule has 0 atom stereocenters. The van der Waals surface area contributed by atoms with Crippen molar-refractivity contribution in [3.63, 3.8) is 0 Å². The predicted molar refractivity (Wildman–Crippen MR) is 98.5 cm³/mol. The van der Waals surface area contributed by atoms with Crippen molar-refractivity contribution < 1.29 is 13.2 Å². The molecule has 0 saturated carbocycles. The van der Waals surface area contributed by atoms with Gasteiger partial charge in [0.1, 0.15) is 0 Å². The van der Waals surface area contributed by atoms with Crippen LogP contribution < -0.4 is 10.0 Å². The first-order chi connectivity index (χ1) is 11.2. The lowest BCUT2D eigenvalue weighted by atomic mass is 10.1. The van der Waals surface area contributed by atoms with Gasteiger partial charge in [0.05, 0.1) is 6.26 Å². The first kappa shape index (κ1) is 17.7. The van der Waals surface area contributed by atoms with Gasteiger partial charge in [-0.1, -0.05) is 23.8 Å². The average molecular weight is 344 g/mol. The minimum Gasteiger partial charge on any atom is -0.323 e. The Morgan fingerprint density at radius 1 is 1.00 bits per heavy atom. The molecule has 2 N–H and O–H groups in total. The van der Waals surface area contributed by atoms with Crippen LogP contribution in [0.15, 0.2) is 48.5 Å². The maximum Gasteiger partial charge on any atom is 0.248 e. The summed E-state index contributed by atoms with van der Waals surface area (Å²) in [5.74, 6) is -0.251. The minimum absolute atomic E-state index is 0.251. The molecule has 0 radical (unpaired) electrons. The van der Waals surface area contributed by atoms with E-state index in [0.29, 0.717) is 11.4 Å². The number of aryl methyl sites for hydroxylation is 2. The fourth-order valence-corrected chi connectivity index (χ4v) is 2.76. The largest absolute Gasteiger partial charge is 0.323 e. The van der Waals surface area contributed by atoms with Crippen molar-refractivity contribution in [1.82, 2.24) is 0 Å². The Hall–Kier alpha value is -2.60. The van der Waals surface area contributed by atoms with Gasteiger partial charge in [0.15, 0.2) is 0 Å². The Morgan fingerprint density at radius 2 is 1.62 bits per heavy atom. The van der Waals surface area contributed by atoms with Crippen LogP contribution in [0.25, 0.3) is 6.08 Å². The highest BCUT2D eigenvalue weighted by Gasteiger charge is 2.03. The summed E-state index contributed by atoms with van der Waals surface area (Å²) in [6, 6.07) is 12.5. The van der Waals surface area contributed by atoms with Crippen molar-refractivity contribution >= 4 is 33.4 Å². The van der Waals surface area contributed by atoms with Crippen molar-refractivity contribution in [2.75, 3.05) is 16.3 Å². The summed E-state index contributed by atoms with van der Waals surface area (Å²) >= 11 is 0. The SMILES string of the molecule is Cc1ccc(/C=C/C(=O)Nc2ccc(NS(C)(=O)=O)cc2)c(C)c1. The van der Waals surface area contributed by atoms with Gasteiger partial charge in [-0.25, -0.2) is 8.42 Å². The molecule has 0 saturated heterocycles. The zero-order valence-corrected chi connectivity index (χ0v) is 14.6. The smallest absolute Gasteiger partial charge is 0.248 e. The van der Waals surface area contributed by atoms with Gasteiger partial charge in [-0.15, -0.1) is 0 Å². The molecule has 24 heavy (non-hydrogen) atoms. The van der Waals surface area contributed by atoms with Gasteiger partial charge >= 0.3 is 0 Å². The molecule has 0 heterocycles. The van der Waals surface area contributed by atoms with Crippen molar-refractivity contribution in [2.45, 2.75) is 13.8 Å². The lowest BCUT2D eigenvalue weighted by Crippen LogP contribution is -2.10. The van der Waals surface area contributed by atoms with Gasteiger partial charge in [-0.2, -0.15) is 0 Å². The second-order valence-electron chi connectivity index (χ2n) is 5.63. The zero-order chi connectivity index (χ0) is 17.7. The van der Waals surface area contributed by atoms with E-state index in [1.165, 1.54) is 11.6 Å². The molecule has 0 unspecified atom stereocenters. The molecular weight excluding hydrogens is 324 g/mol. The molecule has 0 fully saturated rings. The quantitative estimate of drug-likeness (QED) is 0.817. The molecule has 6 heteroatoms. The number of hydrogen-bond acceptors (Lipinski definition) is 3. The number of carbonyl (C=O) groups is 1. The van der Waals surface area contributed by atoms with Crippen molar-refractivity contribution in [3.8, 4) is 0 Å². The molecule has 126 valence electrons. The number of anilines is 2. The summed E-state index contributed by atoms with van der Waals surface area (Å²) in [4.78, 5) is 12.0. The Kier molecular flexibility index (Phi) is 5.41. The van der Waals surface area contributed by atoms with Crippen LogP contribution in [0.1, 0.15) is 16.7 Å². The van der Waals surface area contributed by atoms with Crippen molar-refractivity contribution in [2.24, 2.45) is 0 Å². The highest BCUT2D eigenvalue weighted by Crippen LogP contribution is 2.15. The highest BCUT2D eigenvalue weighted by atomic mass is 32.2. The molecule has 0 bridgehead atoms. The van der Waals surface area contributed by atoms with E-state index in [2.05, 4.69) is 16.1 Å². The fraction of sp³-hybridized carbons (Fsp3) is 0.167. The fourth-order valence-electron chi connectivity index (χ4n) is 2.20. The number of benzene rings is 2. The lowest BCUT2D eigenvalue weighted by molar-refractivity contribution is -0.111. The maximum atomic E-state index is 12.0. The topological polar surface area (TPSA) is 75.3 Å². The normalized spacial score (nSPS) is 11.5. The van der Waals surface area contributed by atoms with Gasteiger partial charge in [0.25, 0.3) is 0 Å². The second-order valence-corrected chi connectivity index (χ2v) is 7.38. The van der Waals surface area contributed by atoms with Crippen LogP contribution in [0.4, 0.5) is 11.4 Å². The van der Waals surface area contributed by atoms with Gasteiger partial charge in [0, 0.05) is 17.5 Å². The molecule has 0 spiro atoms. The Labute approximate surface area is 142 Å². The van der Waals surface area contributed by atoms with Crippen molar-refractivity contribution in [3.05, 3.63) is 65.2 Å². The van der Waals surface area contributed by atoms with Gasteiger partial charge in [-0.05, 0) is 55.3 Å². The molecule has 2 rings (SSSR count). The molecule has 5 nitrogen and oxygen atoms in total. The molecule has 1 amide bonds. The van der Waals surface area contributed by atoms with E-state index in [4.69, 9.17) is 0 Å². The van der Waals surface area contributed by atoms with Crippen LogP contribution in [-0.2, 0) is 14.8 Å². The monoisotopic (exact) mass is 344 g/mol. The number of amides is 1. The van der Waals surface area contributed by atoms with Gasteiger partial charge in [0.2, 0.25) is 15.9 Å². The number of carbonyl (C=O) groups excluding carboxylic acids is 1. The van der Waals surface area contributed by atoms with Gasteiger partial charge < -0.3 is 5.32 Å². The molecule has 2 aromatic carbocycles. The second kappa shape index (κ2) is 7.31. The summed E-state index contributed by atoms with van der Waals surface area (Å²) in [7, 11) is -3.31. The van der Waals surface area contributed by atoms with Crippen LogP contribution in [0.5, 0.6) is 0 Å². The van der Waals surface area contributed by atoms with Crippen LogP contribution in [0.2, 0.25) is 0 Å². The molecule has 2 aromatic rings. The summed E-state index contributed by atoms with van der Waals surface area (Å²) in [5.41, 5.74) is 4.31. The third-order valence-corrected chi connectivity index (χ3v) is 3.90.